The Morgan fingerprint density at radius 1 is 1.18 bits per heavy atom. The average Bonchev–Trinajstić information content (AvgIpc) is 2.46. The Morgan fingerprint density at radius 2 is 1.82 bits per heavy atom. The fourth-order valence-corrected chi connectivity index (χ4v) is 3.91. The SMILES string of the molecule is CNC1CCCN(C(=O)C(C(C)C)N2CC(C)OC(C)C2)C1. The van der Waals surface area contributed by atoms with Gasteiger partial charge in [-0.25, -0.2) is 0 Å². The molecule has 4 unspecified atom stereocenters. The molecule has 0 saturated carbocycles. The van der Waals surface area contributed by atoms with Crippen LogP contribution in [0.3, 0.4) is 0 Å². The lowest BCUT2D eigenvalue weighted by Crippen LogP contribution is -2.59. The van der Waals surface area contributed by atoms with E-state index in [9.17, 15) is 4.79 Å². The predicted molar refractivity (Wildman–Crippen MR) is 88.9 cm³/mol. The summed E-state index contributed by atoms with van der Waals surface area (Å²) in [5.74, 6) is 0.621. The first-order valence-electron chi connectivity index (χ1n) is 8.78. The number of morpholine rings is 1. The molecule has 0 aromatic carbocycles. The van der Waals surface area contributed by atoms with E-state index < -0.39 is 0 Å². The van der Waals surface area contributed by atoms with Gasteiger partial charge in [0.2, 0.25) is 5.91 Å². The number of rotatable bonds is 4. The van der Waals surface area contributed by atoms with E-state index in [1.807, 2.05) is 7.05 Å². The van der Waals surface area contributed by atoms with Crippen LogP contribution < -0.4 is 5.32 Å². The molecule has 0 aliphatic carbocycles. The third-order valence-corrected chi connectivity index (χ3v) is 4.87. The first-order valence-corrected chi connectivity index (χ1v) is 8.78. The number of ether oxygens (including phenoxy) is 1. The monoisotopic (exact) mass is 311 g/mol. The van der Waals surface area contributed by atoms with Gasteiger partial charge in [0.25, 0.3) is 0 Å². The molecule has 1 N–H and O–H groups in total. The number of amides is 1. The lowest BCUT2D eigenvalue weighted by atomic mass is 9.97. The number of carbonyl (C=O) groups excluding carboxylic acids is 1. The zero-order valence-electron chi connectivity index (χ0n) is 14.8. The van der Waals surface area contributed by atoms with E-state index in [0.29, 0.717) is 17.9 Å². The number of likely N-dealkylation sites (N-methyl/N-ethyl adjacent to an activating group) is 1. The van der Waals surface area contributed by atoms with Gasteiger partial charge in [-0.05, 0) is 39.7 Å². The van der Waals surface area contributed by atoms with Crippen LogP contribution in [0.25, 0.3) is 0 Å². The molecule has 2 rings (SSSR count). The van der Waals surface area contributed by atoms with Gasteiger partial charge in [-0.3, -0.25) is 9.69 Å². The highest BCUT2D eigenvalue weighted by molar-refractivity contribution is 5.82. The Balaban J connectivity index is 2.08. The molecule has 2 saturated heterocycles. The first kappa shape index (κ1) is 17.7. The number of nitrogens with zero attached hydrogens (tertiary/aromatic N) is 2. The Labute approximate surface area is 135 Å². The Hall–Kier alpha value is -0.650. The van der Waals surface area contributed by atoms with E-state index in [0.717, 1.165) is 39.0 Å². The van der Waals surface area contributed by atoms with Crippen LogP contribution in [0.4, 0.5) is 0 Å². The molecule has 0 radical (unpaired) electrons. The average molecular weight is 311 g/mol. The van der Waals surface area contributed by atoms with Crippen LogP contribution in [-0.4, -0.2) is 73.2 Å². The maximum Gasteiger partial charge on any atom is 0.240 e. The van der Waals surface area contributed by atoms with Crippen LogP contribution in [0, 0.1) is 5.92 Å². The van der Waals surface area contributed by atoms with Gasteiger partial charge in [0.1, 0.15) is 0 Å². The molecule has 2 fully saturated rings. The highest BCUT2D eigenvalue weighted by atomic mass is 16.5. The maximum absolute atomic E-state index is 13.1. The lowest BCUT2D eigenvalue weighted by Gasteiger charge is -2.43. The quantitative estimate of drug-likeness (QED) is 0.851. The summed E-state index contributed by atoms with van der Waals surface area (Å²) in [7, 11) is 1.99. The second-order valence-electron chi connectivity index (χ2n) is 7.31. The number of likely N-dealkylation sites (tertiary alicyclic amines) is 1. The topological polar surface area (TPSA) is 44.8 Å². The predicted octanol–water partition coefficient (Wildman–Crippen LogP) is 1.33. The summed E-state index contributed by atoms with van der Waals surface area (Å²) in [6, 6.07) is 0.414. The summed E-state index contributed by atoms with van der Waals surface area (Å²) < 4.78 is 5.83. The number of hydrogen-bond acceptors (Lipinski definition) is 4. The fraction of sp³-hybridized carbons (Fsp3) is 0.941. The second-order valence-corrected chi connectivity index (χ2v) is 7.31. The number of carbonyl (C=O) groups is 1. The van der Waals surface area contributed by atoms with Crippen molar-refractivity contribution in [3.63, 3.8) is 0 Å². The fourth-order valence-electron chi connectivity index (χ4n) is 3.91. The van der Waals surface area contributed by atoms with Crippen molar-refractivity contribution in [3.05, 3.63) is 0 Å². The van der Waals surface area contributed by atoms with E-state index in [2.05, 4.69) is 42.8 Å². The first-order chi connectivity index (χ1) is 10.4. The third kappa shape index (κ3) is 4.21. The normalized spacial score (nSPS) is 32.3. The third-order valence-electron chi connectivity index (χ3n) is 4.87. The van der Waals surface area contributed by atoms with Crippen molar-refractivity contribution >= 4 is 5.91 Å². The van der Waals surface area contributed by atoms with E-state index in [4.69, 9.17) is 4.74 Å². The van der Waals surface area contributed by atoms with Gasteiger partial charge < -0.3 is 15.0 Å². The van der Waals surface area contributed by atoms with Gasteiger partial charge in [-0.15, -0.1) is 0 Å². The van der Waals surface area contributed by atoms with Crippen molar-refractivity contribution in [2.45, 2.75) is 64.8 Å². The largest absolute Gasteiger partial charge is 0.373 e. The highest BCUT2D eigenvalue weighted by Crippen LogP contribution is 2.22. The molecule has 128 valence electrons. The number of hydrogen-bond donors (Lipinski definition) is 1. The molecule has 0 aromatic heterocycles. The Bertz CT molecular complexity index is 365. The smallest absolute Gasteiger partial charge is 0.240 e. The minimum Gasteiger partial charge on any atom is -0.373 e. The van der Waals surface area contributed by atoms with Crippen LogP contribution in [0.1, 0.15) is 40.5 Å². The van der Waals surface area contributed by atoms with Crippen molar-refractivity contribution in [1.82, 2.24) is 15.1 Å². The zero-order valence-corrected chi connectivity index (χ0v) is 14.8. The van der Waals surface area contributed by atoms with Crippen LogP contribution in [0.5, 0.6) is 0 Å². The molecule has 0 bridgehead atoms. The van der Waals surface area contributed by atoms with Crippen molar-refractivity contribution < 1.29 is 9.53 Å². The van der Waals surface area contributed by atoms with Crippen molar-refractivity contribution in [2.24, 2.45) is 5.92 Å². The van der Waals surface area contributed by atoms with Crippen LogP contribution in [0.2, 0.25) is 0 Å². The van der Waals surface area contributed by atoms with Gasteiger partial charge in [-0.2, -0.15) is 0 Å². The van der Waals surface area contributed by atoms with E-state index in [1.54, 1.807) is 0 Å². The van der Waals surface area contributed by atoms with E-state index >= 15 is 0 Å². The molecular weight excluding hydrogens is 278 g/mol. The molecule has 2 aliphatic rings. The van der Waals surface area contributed by atoms with Crippen molar-refractivity contribution in [2.75, 3.05) is 33.2 Å². The van der Waals surface area contributed by atoms with E-state index in [-0.39, 0.29) is 18.2 Å². The minimum atomic E-state index is -0.0237. The highest BCUT2D eigenvalue weighted by Gasteiger charge is 2.37. The molecule has 2 heterocycles. The summed E-state index contributed by atoms with van der Waals surface area (Å²) in [6.07, 6.45) is 2.66. The Morgan fingerprint density at radius 3 is 2.36 bits per heavy atom. The molecule has 4 atom stereocenters. The van der Waals surface area contributed by atoms with Gasteiger partial charge >= 0.3 is 0 Å². The molecule has 1 amide bonds. The summed E-state index contributed by atoms with van der Waals surface area (Å²) in [5, 5.41) is 3.32. The number of nitrogens with one attached hydrogen (secondary N) is 1. The van der Waals surface area contributed by atoms with Gasteiger partial charge in [-0.1, -0.05) is 13.8 Å². The lowest BCUT2D eigenvalue weighted by molar-refractivity contribution is -0.146. The molecular formula is C17H33N3O2. The van der Waals surface area contributed by atoms with Gasteiger partial charge in [0.15, 0.2) is 0 Å². The molecule has 0 aromatic rings. The molecule has 5 nitrogen and oxygen atoms in total. The van der Waals surface area contributed by atoms with Gasteiger partial charge in [0.05, 0.1) is 18.2 Å². The van der Waals surface area contributed by atoms with Gasteiger partial charge in [0, 0.05) is 32.2 Å². The summed E-state index contributed by atoms with van der Waals surface area (Å²) in [4.78, 5) is 17.5. The van der Waals surface area contributed by atoms with Crippen LogP contribution >= 0.6 is 0 Å². The zero-order chi connectivity index (χ0) is 16.3. The standard InChI is InChI=1S/C17H33N3O2/c1-12(2)16(20-9-13(3)22-14(4)10-20)17(21)19-8-6-7-15(11-19)18-5/h12-16,18H,6-11H2,1-5H3. The molecule has 0 spiro atoms. The number of piperidine rings is 1. The maximum atomic E-state index is 13.1. The van der Waals surface area contributed by atoms with Crippen LogP contribution in [0.15, 0.2) is 0 Å². The Kier molecular flexibility index (Phi) is 6.24. The van der Waals surface area contributed by atoms with E-state index in [1.165, 1.54) is 0 Å². The van der Waals surface area contributed by atoms with Crippen molar-refractivity contribution in [1.29, 1.82) is 0 Å². The summed E-state index contributed by atoms with van der Waals surface area (Å²) in [5.41, 5.74) is 0. The molecule has 22 heavy (non-hydrogen) atoms. The summed E-state index contributed by atoms with van der Waals surface area (Å²) in [6.45, 7) is 12.0. The molecule has 5 heteroatoms. The second kappa shape index (κ2) is 7.75. The molecule has 2 aliphatic heterocycles. The minimum absolute atomic E-state index is 0.0237. The van der Waals surface area contributed by atoms with Crippen molar-refractivity contribution in [3.8, 4) is 0 Å². The van der Waals surface area contributed by atoms with Crippen LogP contribution in [-0.2, 0) is 9.53 Å². The summed E-state index contributed by atoms with van der Waals surface area (Å²) >= 11 is 0.